The largest absolute Gasteiger partial charge is 0.399 e. The molecule has 19 heavy (non-hydrogen) atoms. The van der Waals surface area contributed by atoms with Crippen LogP contribution in [-0.4, -0.2) is 16.3 Å². The number of benzene rings is 1. The molecule has 0 unspecified atom stereocenters. The topological polar surface area (TPSA) is 64.9 Å². The van der Waals surface area contributed by atoms with Crippen molar-refractivity contribution in [2.24, 2.45) is 0 Å². The SMILES string of the molecule is Nc1ccc(/C=C/c2nc(CC(F)(F)F)no2)cc1. The molecule has 7 heteroatoms. The van der Waals surface area contributed by atoms with Crippen LogP contribution in [-0.2, 0) is 6.42 Å². The van der Waals surface area contributed by atoms with Crippen molar-refractivity contribution in [2.45, 2.75) is 12.6 Å². The second kappa shape index (κ2) is 5.13. The Hall–Kier alpha value is -2.31. The van der Waals surface area contributed by atoms with Gasteiger partial charge in [0.25, 0.3) is 5.89 Å². The minimum Gasteiger partial charge on any atom is -0.399 e. The van der Waals surface area contributed by atoms with E-state index in [0.29, 0.717) is 5.69 Å². The fourth-order valence-electron chi connectivity index (χ4n) is 1.36. The van der Waals surface area contributed by atoms with E-state index in [-0.39, 0.29) is 11.7 Å². The first-order chi connectivity index (χ1) is 8.92. The Kier molecular flexibility index (Phi) is 3.55. The number of nitrogens with two attached hydrogens (primary N) is 1. The maximum absolute atomic E-state index is 12.1. The standard InChI is InChI=1S/C12H10F3N3O/c13-12(14,15)7-10-17-11(19-18-10)6-3-8-1-4-9(16)5-2-8/h1-6H,7,16H2/b6-3+. The maximum atomic E-state index is 12.1. The van der Waals surface area contributed by atoms with E-state index in [4.69, 9.17) is 5.73 Å². The number of halogens is 3. The second-order valence-electron chi connectivity index (χ2n) is 3.84. The van der Waals surface area contributed by atoms with Gasteiger partial charge in [-0.3, -0.25) is 0 Å². The third-order valence-electron chi connectivity index (χ3n) is 2.20. The van der Waals surface area contributed by atoms with Crippen LogP contribution in [0.1, 0.15) is 17.3 Å². The molecule has 2 N–H and O–H groups in total. The molecule has 0 saturated heterocycles. The van der Waals surface area contributed by atoms with Gasteiger partial charge < -0.3 is 10.3 Å². The quantitative estimate of drug-likeness (QED) is 0.870. The van der Waals surface area contributed by atoms with Gasteiger partial charge >= 0.3 is 6.18 Å². The highest BCUT2D eigenvalue weighted by Crippen LogP contribution is 2.19. The van der Waals surface area contributed by atoms with E-state index in [9.17, 15) is 13.2 Å². The van der Waals surface area contributed by atoms with E-state index in [0.717, 1.165) is 5.56 Å². The van der Waals surface area contributed by atoms with E-state index in [1.807, 2.05) is 0 Å². The fourth-order valence-corrected chi connectivity index (χ4v) is 1.36. The number of hydrogen-bond donors (Lipinski definition) is 1. The molecule has 2 rings (SSSR count). The van der Waals surface area contributed by atoms with Crippen LogP contribution >= 0.6 is 0 Å². The summed E-state index contributed by atoms with van der Waals surface area (Å²) in [6, 6.07) is 6.95. The first-order valence-electron chi connectivity index (χ1n) is 5.35. The summed E-state index contributed by atoms with van der Waals surface area (Å²) in [4.78, 5) is 3.62. The minimum atomic E-state index is -4.35. The molecule has 0 fully saturated rings. The van der Waals surface area contributed by atoms with Crippen molar-refractivity contribution in [1.29, 1.82) is 0 Å². The molecule has 0 saturated carbocycles. The number of nitrogen functional groups attached to an aromatic ring is 1. The monoisotopic (exact) mass is 269 g/mol. The predicted molar refractivity (Wildman–Crippen MR) is 63.8 cm³/mol. The molecule has 100 valence electrons. The van der Waals surface area contributed by atoms with E-state index in [2.05, 4.69) is 14.7 Å². The van der Waals surface area contributed by atoms with E-state index < -0.39 is 12.6 Å². The average molecular weight is 269 g/mol. The molecule has 1 aromatic carbocycles. The van der Waals surface area contributed by atoms with Gasteiger partial charge in [0, 0.05) is 11.8 Å². The molecule has 0 spiro atoms. The smallest absolute Gasteiger partial charge is 0.396 e. The summed E-state index contributed by atoms with van der Waals surface area (Å²) in [5.74, 6) is -0.361. The highest BCUT2D eigenvalue weighted by molar-refractivity contribution is 5.66. The van der Waals surface area contributed by atoms with Crippen LogP contribution in [0.25, 0.3) is 12.2 Å². The number of rotatable bonds is 3. The van der Waals surface area contributed by atoms with Gasteiger partial charge in [0.15, 0.2) is 5.82 Å². The Bertz CT molecular complexity index is 573. The van der Waals surface area contributed by atoms with Gasteiger partial charge in [-0.05, 0) is 23.8 Å². The molecule has 0 atom stereocenters. The summed E-state index contributed by atoms with van der Waals surface area (Å²) in [6.07, 6.45) is -2.46. The number of aromatic nitrogens is 2. The summed E-state index contributed by atoms with van der Waals surface area (Å²) in [6.45, 7) is 0. The molecule has 0 radical (unpaired) electrons. The molecule has 1 aromatic heterocycles. The number of alkyl halides is 3. The molecule has 1 heterocycles. The zero-order valence-electron chi connectivity index (χ0n) is 9.69. The first-order valence-corrected chi connectivity index (χ1v) is 5.35. The lowest BCUT2D eigenvalue weighted by Gasteiger charge is -1.99. The fraction of sp³-hybridized carbons (Fsp3) is 0.167. The third-order valence-corrected chi connectivity index (χ3v) is 2.20. The molecule has 0 amide bonds. The normalized spacial score (nSPS) is 12.2. The van der Waals surface area contributed by atoms with Crippen LogP contribution in [0.4, 0.5) is 18.9 Å². The minimum absolute atomic E-state index is 0.0241. The Balaban J connectivity index is 2.05. The lowest BCUT2D eigenvalue weighted by Crippen LogP contribution is -2.12. The summed E-state index contributed by atoms with van der Waals surface area (Å²) < 4.78 is 40.9. The Morgan fingerprint density at radius 1 is 1.16 bits per heavy atom. The average Bonchev–Trinajstić information content (AvgIpc) is 2.73. The predicted octanol–water partition coefficient (Wildman–Crippen LogP) is 2.93. The van der Waals surface area contributed by atoms with Crippen LogP contribution in [0, 0.1) is 0 Å². The summed E-state index contributed by atoms with van der Waals surface area (Å²) in [5, 5.41) is 3.25. The molecular formula is C12H10F3N3O. The number of hydrogen-bond acceptors (Lipinski definition) is 4. The third kappa shape index (κ3) is 4.13. The summed E-state index contributed by atoms with van der Waals surface area (Å²) in [7, 11) is 0. The summed E-state index contributed by atoms with van der Waals surface area (Å²) >= 11 is 0. The first kappa shape index (κ1) is 13.1. The van der Waals surface area contributed by atoms with Crippen molar-refractivity contribution in [1.82, 2.24) is 10.1 Å². The summed E-state index contributed by atoms with van der Waals surface area (Å²) in [5.41, 5.74) is 6.98. The molecule has 4 nitrogen and oxygen atoms in total. The highest BCUT2D eigenvalue weighted by atomic mass is 19.4. The van der Waals surface area contributed by atoms with Crippen molar-refractivity contribution < 1.29 is 17.7 Å². The van der Waals surface area contributed by atoms with Crippen LogP contribution in [0.3, 0.4) is 0 Å². The van der Waals surface area contributed by atoms with Crippen molar-refractivity contribution in [2.75, 3.05) is 5.73 Å². The number of nitrogens with zero attached hydrogens (tertiary/aromatic N) is 2. The Morgan fingerprint density at radius 2 is 1.84 bits per heavy atom. The van der Waals surface area contributed by atoms with Crippen LogP contribution < -0.4 is 5.73 Å². The zero-order valence-corrected chi connectivity index (χ0v) is 9.69. The van der Waals surface area contributed by atoms with E-state index in [1.54, 1.807) is 30.3 Å². The van der Waals surface area contributed by atoms with E-state index >= 15 is 0 Å². The number of anilines is 1. The van der Waals surface area contributed by atoms with Crippen LogP contribution in [0.15, 0.2) is 28.8 Å². The lowest BCUT2D eigenvalue weighted by atomic mass is 10.2. The van der Waals surface area contributed by atoms with Gasteiger partial charge in [-0.15, -0.1) is 0 Å². The zero-order chi connectivity index (χ0) is 13.9. The van der Waals surface area contributed by atoms with Gasteiger partial charge in [0.05, 0.1) is 0 Å². The maximum Gasteiger partial charge on any atom is 0.396 e. The molecule has 0 aliphatic carbocycles. The van der Waals surface area contributed by atoms with Gasteiger partial charge in [0.1, 0.15) is 6.42 Å². The molecule has 2 aromatic rings. The Morgan fingerprint density at radius 3 is 2.47 bits per heavy atom. The van der Waals surface area contributed by atoms with Gasteiger partial charge in [-0.25, -0.2) is 0 Å². The van der Waals surface area contributed by atoms with Gasteiger partial charge in [-0.1, -0.05) is 17.3 Å². The molecule has 0 bridgehead atoms. The van der Waals surface area contributed by atoms with Crippen LogP contribution in [0.5, 0.6) is 0 Å². The van der Waals surface area contributed by atoms with Gasteiger partial charge in [0.2, 0.25) is 0 Å². The van der Waals surface area contributed by atoms with Crippen molar-refractivity contribution in [3.8, 4) is 0 Å². The van der Waals surface area contributed by atoms with Crippen LogP contribution in [0.2, 0.25) is 0 Å². The molecule has 0 aliphatic rings. The van der Waals surface area contributed by atoms with Crippen molar-refractivity contribution in [3.63, 3.8) is 0 Å². The van der Waals surface area contributed by atoms with E-state index in [1.165, 1.54) is 6.08 Å². The second-order valence-corrected chi connectivity index (χ2v) is 3.84. The molecular weight excluding hydrogens is 259 g/mol. The Labute approximate surface area is 106 Å². The van der Waals surface area contributed by atoms with Crippen molar-refractivity contribution >= 4 is 17.8 Å². The lowest BCUT2D eigenvalue weighted by molar-refractivity contribution is -0.128. The van der Waals surface area contributed by atoms with Gasteiger partial charge in [-0.2, -0.15) is 18.2 Å². The highest BCUT2D eigenvalue weighted by Gasteiger charge is 2.30. The molecule has 0 aliphatic heterocycles. The van der Waals surface area contributed by atoms with Crippen molar-refractivity contribution in [3.05, 3.63) is 41.5 Å².